The number of anilines is 1. The Balaban J connectivity index is 1.56. The van der Waals surface area contributed by atoms with Gasteiger partial charge in [-0.05, 0) is 13.8 Å². The molecule has 0 bridgehead atoms. The molecule has 0 unspecified atom stereocenters. The lowest BCUT2D eigenvalue weighted by atomic mass is 10.2. The summed E-state index contributed by atoms with van der Waals surface area (Å²) in [6.45, 7) is 7.96. The summed E-state index contributed by atoms with van der Waals surface area (Å²) in [4.78, 5) is 34.0. The average Bonchev–Trinajstić information content (AvgIpc) is 3.07. The Kier molecular flexibility index (Phi) is 4.30. The van der Waals surface area contributed by atoms with Gasteiger partial charge in [-0.25, -0.2) is 9.78 Å². The summed E-state index contributed by atoms with van der Waals surface area (Å²) in [5.74, 6) is -0.110. The monoisotopic (exact) mass is 323 g/mol. The highest BCUT2D eigenvalue weighted by molar-refractivity contribution is 7.13. The molecule has 3 heterocycles. The van der Waals surface area contributed by atoms with Gasteiger partial charge in [0.15, 0.2) is 5.13 Å². The van der Waals surface area contributed by atoms with Crippen LogP contribution < -0.4 is 10.2 Å². The zero-order valence-corrected chi connectivity index (χ0v) is 13.7. The smallest absolute Gasteiger partial charge is 0.324 e. The van der Waals surface area contributed by atoms with Gasteiger partial charge >= 0.3 is 6.03 Å². The maximum atomic E-state index is 12.2. The number of hydrogen-bond acceptors (Lipinski definition) is 6. The molecule has 2 aliphatic rings. The van der Waals surface area contributed by atoms with E-state index in [0.29, 0.717) is 25.7 Å². The normalized spacial score (nSPS) is 23.0. The van der Waals surface area contributed by atoms with Crippen molar-refractivity contribution in [1.82, 2.24) is 20.1 Å². The average molecular weight is 323 g/mol. The van der Waals surface area contributed by atoms with Gasteiger partial charge in [0.1, 0.15) is 0 Å². The van der Waals surface area contributed by atoms with E-state index < -0.39 is 0 Å². The maximum absolute atomic E-state index is 12.2. The first-order valence-electron chi connectivity index (χ1n) is 7.54. The molecule has 1 aromatic heterocycles. The number of amides is 3. The number of nitrogens with zero attached hydrogens (tertiary/aromatic N) is 4. The maximum Gasteiger partial charge on any atom is 0.324 e. The first-order valence-corrected chi connectivity index (χ1v) is 8.42. The fourth-order valence-electron chi connectivity index (χ4n) is 2.92. The van der Waals surface area contributed by atoms with Gasteiger partial charge in [-0.15, -0.1) is 11.3 Å². The van der Waals surface area contributed by atoms with E-state index in [4.69, 9.17) is 0 Å². The Bertz CT molecular complexity index is 575. The minimum atomic E-state index is -0.269. The van der Waals surface area contributed by atoms with Gasteiger partial charge in [-0.2, -0.15) is 0 Å². The van der Waals surface area contributed by atoms with Gasteiger partial charge < -0.3 is 10.2 Å². The summed E-state index contributed by atoms with van der Waals surface area (Å²) in [7, 11) is 0. The second-order valence-corrected chi connectivity index (χ2v) is 6.66. The molecule has 1 N–H and O–H groups in total. The molecule has 1 aromatic rings. The van der Waals surface area contributed by atoms with Crippen LogP contribution in [0.4, 0.5) is 9.93 Å². The van der Waals surface area contributed by atoms with E-state index in [0.717, 1.165) is 30.5 Å². The van der Waals surface area contributed by atoms with Crippen molar-refractivity contribution in [3.63, 3.8) is 0 Å². The predicted octanol–water partition coefficient (Wildman–Crippen LogP) is 0.514. The molecule has 0 spiro atoms. The number of urea groups is 1. The van der Waals surface area contributed by atoms with E-state index in [-0.39, 0.29) is 11.9 Å². The van der Waals surface area contributed by atoms with Crippen LogP contribution in [0.15, 0.2) is 5.38 Å². The Morgan fingerprint density at radius 2 is 2.27 bits per heavy atom. The zero-order chi connectivity index (χ0) is 15.7. The summed E-state index contributed by atoms with van der Waals surface area (Å²) < 4.78 is 0. The number of thiazole rings is 1. The largest absolute Gasteiger partial charge is 0.343 e. The van der Waals surface area contributed by atoms with E-state index >= 15 is 0 Å². The summed E-state index contributed by atoms with van der Waals surface area (Å²) in [5.41, 5.74) is 1.05. The second kappa shape index (κ2) is 6.21. The van der Waals surface area contributed by atoms with Crippen LogP contribution in [0.25, 0.3) is 0 Å². The van der Waals surface area contributed by atoms with Crippen LogP contribution in [0.3, 0.4) is 0 Å². The van der Waals surface area contributed by atoms with E-state index in [1.54, 1.807) is 11.3 Å². The summed E-state index contributed by atoms with van der Waals surface area (Å²) >= 11 is 1.66. The zero-order valence-electron chi connectivity index (χ0n) is 12.9. The highest BCUT2D eigenvalue weighted by Crippen LogP contribution is 2.24. The number of carbonyl (C=O) groups excluding carboxylic acids is 2. The fraction of sp³-hybridized carbons (Fsp3) is 0.643. The molecule has 8 heteroatoms. The van der Waals surface area contributed by atoms with E-state index in [9.17, 15) is 9.59 Å². The number of piperazine rings is 1. The Morgan fingerprint density at radius 1 is 1.45 bits per heavy atom. The Labute approximate surface area is 133 Å². The van der Waals surface area contributed by atoms with Crippen LogP contribution >= 0.6 is 11.3 Å². The van der Waals surface area contributed by atoms with Crippen molar-refractivity contribution in [3.05, 3.63) is 11.1 Å². The number of imide groups is 1. The third-order valence-electron chi connectivity index (χ3n) is 4.08. The van der Waals surface area contributed by atoms with Crippen LogP contribution in [-0.2, 0) is 4.79 Å². The molecular weight excluding hydrogens is 302 g/mol. The SMILES string of the molecule is Cc1csc(N2CCN(CC(=O)N3CCNC3=O)C[C@@H]2C)n1. The molecule has 3 rings (SSSR count). The molecule has 2 saturated heterocycles. The first kappa shape index (κ1) is 15.2. The van der Waals surface area contributed by atoms with Gasteiger partial charge in [0.25, 0.3) is 0 Å². The minimum absolute atomic E-state index is 0.110. The van der Waals surface area contributed by atoms with Crippen molar-refractivity contribution in [3.8, 4) is 0 Å². The van der Waals surface area contributed by atoms with Crippen LogP contribution in [0.5, 0.6) is 0 Å². The van der Waals surface area contributed by atoms with Gasteiger partial charge in [-0.3, -0.25) is 14.6 Å². The highest BCUT2D eigenvalue weighted by atomic mass is 32.1. The van der Waals surface area contributed by atoms with Crippen LogP contribution in [-0.4, -0.2) is 72.0 Å². The molecule has 7 nitrogen and oxygen atoms in total. The first-order chi connectivity index (χ1) is 10.5. The van der Waals surface area contributed by atoms with Crippen molar-refractivity contribution in [1.29, 1.82) is 0 Å². The number of aromatic nitrogens is 1. The summed E-state index contributed by atoms with van der Waals surface area (Å²) in [6, 6.07) is 0.0365. The van der Waals surface area contributed by atoms with Crippen LogP contribution in [0, 0.1) is 6.92 Å². The van der Waals surface area contributed by atoms with Crippen LogP contribution in [0.1, 0.15) is 12.6 Å². The molecule has 1 atom stereocenters. The van der Waals surface area contributed by atoms with Gasteiger partial charge in [0.05, 0.1) is 12.2 Å². The minimum Gasteiger partial charge on any atom is -0.343 e. The molecule has 3 amide bonds. The van der Waals surface area contributed by atoms with Gasteiger partial charge in [0, 0.05) is 44.1 Å². The van der Waals surface area contributed by atoms with Gasteiger partial charge in [-0.1, -0.05) is 0 Å². The number of carbonyl (C=O) groups is 2. The topological polar surface area (TPSA) is 68.8 Å². The van der Waals surface area contributed by atoms with E-state index in [2.05, 4.69) is 32.4 Å². The fourth-order valence-corrected chi connectivity index (χ4v) is 3.85. The lowest BCUT2D eigenvalue weighted by Gasteiger charge is -2.39. The number of hydrogen-bond donors (Lipinski definition) is 1. The molecule has 2 fully saturated rings. The molecule has 0 radical (unpaired) electrons. The van der Waals surface area contributed by atoms with Gasteiger partial charge in [0.2, 0.25) is 5.91 Å². The lowest BCUT2D eigenvalue weighted by Crippen LogP contribution is -2.54. The Morgan fingerprint density at radius 3 is 2.86 bits per heavy atom. The standard InChI is InChI=1S/C14H21N5O2S/c1-10-9-22-14(16-10)18-6-5-17(7-11(18)2)8-12(20)19-4-3-15-13(19)21/h9,11H,3-8H2,1-2H3,(H,15,21)/t11-/m0/s1. The molecule has 22 heavy (non-hydrogen) atoms. The van der Waals surface area contributed by atoms with E-state index in [1.807, 2.05) is 6.92 Å². The molecule has 0 aromatic carbocycles. The molecule has 0 aliphatic carbocycles. The third kappa shape index (κ3) is 3.07. The van der Waals surface area contributed by atoms with Crippen molar-refractivity contribution < 1.29 is 9.59 Å². The Hall–Kier alpha value is -1.67. The predicted molar refractivity (Wildman–Crippen MR) is 85.2 cm³/mol. The molecule has 120 valence electrons. The van der Waals surface area contributed by atoms with Crippen LogP contribution in [0.2, 0.25) is 0 Å². The highest BCUT2D eigenvalue weighted by Gasteiger charge is 2.30. The third-order valence-corrected chi connectivity index (χ3v) is 5.08. The van der Waals surface area contributed by atoms with Crippen molar-refractivity contribution >= 4 is 28.4 Å². The molecule has 0 saturated carbocycles. The number of rotatable bonds is 3. The van der Waals surface area contributed by atoms with Crippen molar-refractivity contribution in [2.45, 2.75) is 19.9 Å². The summed E-state index contributed by atoms with van der Waals surface area (Å²) in [6.07, 6.45) is 0. The van der Waals surface area contributed by atoms with E-state index in [1.165, 1.54) is 4.90 Å². The van der Waals surface area contributed by atoms with Crippen molar-refractivity contribution in [2.75, 3.05) is 44.2 Å². The second-order valence-electron chi connectivity index (χ2n) is 5.83. The lowest BCUT2D eigenvalue weighted by molar-refractivity contribution is -0.128. The molecule has 2 aliphatic heterocycles. The van der Waals surface area contributed by atoms with Crippen molar-refractivity contribution in [2.24, 2.45) is 0 Å². The quantitative estimate of drug-likeness (QED) is 0.878. The molecular formula is C14H21N5O2S. The number of nitrogens with one attached hydrogen (secondary N) is 1. The number of aryl methyl sites for hydroxylation is 1. The summed E-state index contributed by atoms with van der Waals surface area (Å²) in [5, 5.41) is 5.77.